The third-order valence-electron chi connectivity index (χ3n) is 4.05. The highest BCUT2D eigenvalue weighted by molar-refractivity contribution is 5.97. The number of esters is 1. The van der Waals surface area contributed by atoms with Gasteiger partial charge in [0.15, 0.2) is 6.29 Å². The molecule has 25 heavy (non-hydrogen) atoms. The Morgan fingerprint density at radius 3 is 3.12 bits per heavy atom. The van der Waals surface area contributed by atoms with Crippen LogP contribution >= 0.6 is 0 Å². The van der Waals surface area contributed by atoms with E-state index in [2.05, 4.69) is 5.10 Å². The van der Waals surface area contributed by atoms with Crippen LogP contribution < -0.4 is 0 Å². The Labute approximate surface area is 146 Å². The first kappa shape index (κ1) is 17.8. The van der Waals surface area contributed by atoms with Gasteiger partial charge in [-0.3, -0.25) is 0 Å². The van der Waals surface area contributed by atoms with E-state index in [0.717, 1.165) is 36.9 Å². The zero-order chi connectivity index (χ0) is 17.5. The van der Waals surface area contributed by atoms with Gasteiger partial charge in [-0.1, -0.05) is 6.07 Å². The largest absolute Gasteiger partial charge is 0.462 e. The predicted octanol–water partition coefficient (Wildman–Crippen LogP) is 2.57. The summed E-state index contributed by atoms with van der Waals surface area (Å²) >= 11 is 0. The van der Waals surface area contributed by atoms with Crippen molar-refractivity contribution in [1.29, 1.82) is 0 Å². The molecular weight excluding hydrogens is 324 g/mol. The number of pyridine rings is 1. The van der Waals surface area contributed by atoms with E-state index in [-0.39, 0.29) is 12.3 Å². The van der Waals surface area contributed by atoms with Crippen LogP contribution in [0.1, 0.15) is 42.1 Å². The highest BCUT2D eigenvalue weighted by atomic mass is 16.7. The zero-order valence-corrected chi connectivity index (χ0v) is 14.5. The SMILES string of the molecule is CCOC(=O)c1cnn2cccc(COCCOC3CCCCO3)c12. The highest BCUT2D eigenvalue weighted by Gasteiger charge is 2.17. The molecule has 0 amide bonds. The zero-order valence-electron chi connectivity index (χ0n) is 14.5. The number of hydrogen-bond donors (Lipinski definition) is 0. The molecule has 2 aromatic heterocycles. The summed E-state index contributed by atoms with van der Waals surface area (Å²) in [6.07, 6.45) is 6.41. The molecular formula is C18H24N2O5. The van der Waals surface area contributed by atoms with Gasteiger partial charge in [-0.05, 0) is 32.3 Å². The van der Waals surface area contributed by atoms with Crippen molar-refractivity contribution < 1.29 is 23.7 Å². The van der Waals surface area contributed by atoms with E-state index in [0.29, 0.717) is 32.0 Å². The Hall–Kier alpha value is -1.96. The molecule has 0 bridgehead atoms. The molecule has 1 aliphatic rings. The molecule has 0 radical (unpaired) electrons. The Bertz CT molecular complexity index is 694. The van der Waals surface area contributed by atoms with Crippen LogP contribution in [-0.4, -0.2) is 48.3 Å². The van der Waals surface area contributed by atoms with Crippen LogP contribution in [0.3, 0.4) is 0 Å². The van der Waals surface area contributed by atoms with Crippen molar-refractivity contribution in [2.45, 2.75) is 39.1 Å². The fourth-order valence-corrected chi connectivity index (χ4v) is 2.85. The van der Waals surface area contributed by atoms with Gasteiger partial charge in [-0.25, -0.2) is 9.31 Å². The van der Waals surface area contributed by atoms with Crippen LogP contribution in [0.5, 0.6) is 0 Å². The summed E-state index contributed by atoms with van der Waals surface area (Å²) in [5.41, 5.74) is 2.06. The lowest BCUT2D eigenvalue weighted by Crippen LogP contribution is -2.23. The molecule has 1 aliphatic heterocycles. The minimum Gasteiger partial charge on any atom is -0.462 e. The van der Waals surface area contributed by atoms with Gasteiger partial charge in [0.1, 0.15) is 5.56 Å². The molecule has 1 unspecified atom stereocenters. The van der Waals surface area contributed by atoms with E-state index in [4.69, 9.17) is 18.9 Å². The Morgan fingerprint density at radius 2 is 2.32 bits per heavy atom. The number of nitrogens with zero attached hydrogens (tertiary/aromatic N) is 2. The van der Waals surface area contributed by atoms with Crippen LogP contribution in [0.15, 0.2) is 24.5 Å². The maximum absolute atomic E-state index is 12.1. The Morgan fingerprint density at radius 1 is 1.40 bits per heavy atom. The van der Waals surface area contributed by atoms with Crippen molar-refractivity contribution in [3.8, 4) is 0 Å². The second kappa shape index (κ2) is 8.94. The number of rotatable bonds is 8. The topological polar surface area (TPSA) is 71.3 Å². The molecule has 0 N–H and O–H groups in total. The van der Waals surface area contributed by atoms with E-state index in [1.54, 1.807) is 17.6 Å². The first-order chi connectivity index (χ1) is 12.3. The lowest BCUT2D eigenvalue weighted by Gasteiger charge is -2.22. The molecule has 2 aromatic rings. The quantitative estimate of drug-likeness (QED) is 0.539. The number of hydrogen-bond acceptors (Lipinski definition) is 6. The van der Waals surface area contributed by atoms with E-state index >= 15 is 0 Å². The van der Waals surface area contributed by atoms with Gasteiger partial charge in [0, 0.05) is 18.4 Å². The average Bonchev–Trinajstić information content (AvgIpc) is 3.07. The summed E-state index contributed by atoms with van der Waals surface area (Å²) in [6.45, 7) is 4.20. The first-order valence-corrected chi connectivity index (χ1v) is 8.73. The van der Waals surface area contributed by atoms with Crippen molar-refractivity contribution in [3.05, 3.63) is 35.7 Å². The number of ether oxygens (including phenoxy) is 4. The summed E-state index contributed by atoms with van der Waals surface area (Å²) in [4.78, 5) is 12.1. The van der Waals surface area contributed by atoms with Crippen molar-refractivity contribution >= 4 is 11.5 Å². The molecule has 7 nitrogen and oxygen atoms in total. The normalized spacial score (nSPS) is 17.7. The Kier molecular flexibility index (Phi) is 6.38. The van der Waals surface area contributed by atoms with Gasteiger partial charge < -0.3 is 18.9 Å². The molecule has 0 aliphatic carbocycles. The monoisotopic (exact) mass is 348 g/mol. The van der Waals surface area contributed by atoms with E-state index in [1.165, 1.54) is 6.20 Å². The summed E-state index contributed by atoms with van der Waals surface area (Å²) in [5, 5.41) is 4.21. The van der Waals surface area contributed by atoms with Crippen LogP contribution in [-0.2, 0) is 25.6 Å². The average molecular weight is 348 g/mol. The second-order valence-corrected chi connectivity index (χ2v) is 5.82. The molecule has 1 fully saturated rings. The molecule has 1 atom stereocenters. The van der Waals surface area contributed by atoms with Crippen LogP contribution in [0.25, 0.3) is 5.52 Å². The second-order valence-electron chi connectivity index (χ2n) is 5.82. The van der Waals surface area contributed by atoms with E-state index in [9.17, 15) is 4.79 Å². The molecule has 136 valence electrons. The highest BCUT2D eigenvalue weighted by Crippen LogP contribution is 2.18. The fraction of sp³-hybridized carbons (Fsp3) is 0.556. The minimum atomic E-state index is -0.372. The third-order valence-corrected chi connectivity index (χ3v) is 4.05. The molecule has 0 saturated carbocycles. The van der Waals surface area contributed by atoms with Crippen LogP contribution in [0.2, 0.25) is 0 Å². The molecule has 1 saturated heterocycles. The van der Waals surface area contributed by atoms with Crippen molar-refractivity contribution in [2.24, 2.45) is 0 Å². The fourth-order valence-electron chi connectivity index (χ4n) is 2.85. The van der Waals surface area contributed by atoms with Gasteiger partial charge >= 0.3 is 5.97 Å². The summed E-state index contributed by atoms with van der Waals surface area (Å²) in [7, 11) is 0. The summed E-state index contributed by atoms with van der Waals surface area (Å²) in [5.74, 6) is -0.372. The van der Waals surface area contributed by atoms with E-state index in [1.807, 2.05) is 12.1 Å². The van der Waals surface area contributed by atoms with Crippen molar-refractivity contribution in [2.75, 3.05) is 26.4 Å². The van der Waals surface area contributed by atoms with Gasteiger partial charge in [0.2, 0.25) is 0 Å². The first-order valence-electron chi connectivity index (χ1n) is 8.73. The lowest BCUT2D eigenvalue weighted by atomic mass is 10.1. The molecule has 3 heterocycles. The standard InChI is InChI=1S/C18H24N2O5/c1-2-23-18(21)15-12-19-20-8-5-6-14(17(15)20)13-22-10-11-25-16-7-3-4-9-24-16/h5-6,8,12,16H,2-4,7,9-11,13H2,1H3. The van der Waals surface area contributed by atoms with Crippen molar-refractivity contribution in [3.63, 3.8) is 0 Å². The predicted molar refractivity (Wildman–Crippen MR) is 90.3 cm³/mol. The maximum atomic E-state index is 12.1. The number of carbonyl (C=O) groups is 1. The number of fused-ring (bicyclic) bond motifs is 1. The number of carbonyl (C=O) groups excluding carboxylic acids is 1. The molecule has 7 heteroatoms. The van der Waals surface area contributed by atoms with E-state index < -0.39 is 0 Å². The molecule has 3 rings (SSSR count). The van der Waals surface area contributed by atoms with Gasteiger partial charge in [0.05, 0.1) is 38.1 Å². The molecule has 0 aromatic carbocycles. The third kappa shape index (κ3) is 4.56. The number of aromatic nitrogens is 2. The minimum absolute atomic E-state index is 0.106. The smallest absolute Gasteiger partial charge is 0.341 e. The van der Waals surface area contributed by atoms with Crippen LogP contribution in [0, 0.1) is 0 Å². The summed E-state index contributed by atoms with van der Waals surface area (Å²) < 4.78 is 23.6. The van der Waals surface area contributed by atoms with Gasteiger partial charge in [0.25, 0.3) is 0 Å². The van der Waals surface area contributed by atoms with Gasteiger partial charge in [-0.15, -0.1) is 0 Å². The van der Waals surface area contributed by atoms with Gasteiger partial charge in [-0.2, -0.15) is 5.10 Å². The molecule has 0 spiro atoms. The Balaban J connectivity index is 1.55. The maximum Gasteiger partial charge on any atom is 0.341 e. The van der Waals surface area contributed by atoms with Crippen molar-refractivity contribution in [1.82, 2.24) is 9.61 Å². The van der Waals surface area contributed by atoms with Crippen LogP contribution in [0.4, 0.5) is 0 Å². The summed E-state index contributed by atoms with van der Waals surface area (Å²) in [6, 6.07) is 3.80. The lowest BCUT2D eigenvalue weighted by molar-refractivity contribution is -0.169.